The molecule has 2 aromatic heterocycles. The molecule has 0 fully saturated rings. The molecule has 7 nitrogen and oxygen atoms in total. The van der Waals surface area contributed by atoms with Crippen LogP contribution in [-0.4, -0.2) is 20.6 Å². The van der Waals surface area contributed by atoms with Crippen molar-refractivity contribution in [2.75, 3.05) is 10.6 Å². The molecule has 0 atom stereocenters. The fourth-order valence-corrected chi connectivity index (χ4v) is 3.05. The molecule has 0 spiro atoms. The van der Waals surface area contributed by atoms with E-state index >= 15 is 0 Å². The van der Waals surface area contributed by atoms with Crippen LogP contribution in [0.5, 0.6) is 5.75 Å². The van der Waals surface area contributed by atoms with Gasteiger partial charge in [-0.25, -0.2) is 14.8 Å². The van der Waals surface area contributed by atoms with Crippen LogP contribution in [0.3, 0.4) is 0 Å². The van der Waals surface area contributed by atoms with Gasteiger partial charge >= 0.3 is 6.03 Å². The minimum Gasteiger partial charge on any atom is -0.483 e. The first-order valence-corrected chi connectivity index (χ1v) is 9.06. The zero-order valence-corrected chi connectivity index (χ0v) is 15.7. The molecule has 0 aliphatic carbocycles. The lowest BCUT2D eigenvalue weighted by Gasteiger charge is -2.12. The molecule has 2 heterocycles. The third-order valence-corrected chi connectivity index (χ3v) is 4.94. The number of aryl methyl sites for hydroxylation is 1. The van der Waals surface area contributed by atoms with Crippen LogP contribution in [0.15, 0.2) is 42.9 Å². The first-order chi connectivity index (χ1) is 12.5. The molecule has 0 aliphatic heterocycles. The third kappa shape index (κ3) is 4.40. The number of benzene rings is 1. The predicted octanol–water partition coefficient (Wildman–Crippen LogP) is 4.22. The van der Waals surface area contributed by atoms with Crippen molar-refractivity contribution in [2.24, 2.45) is 7.05 Å². The fourth-order valence-electron chi connectivity index (χ4n) is 2.24. The molecule has 0 saturated heterocycles. The van der Waals surface area contributed by atoms with E-state index in [0.29, 0.717) is 29.1 Å². The molecular weight excluding hydrogens is 350 g/mol. The average molecular weight is 371 g/mol. The Labute approximate surface area is 156 Å². The maximum atomic E-state index is 12.3. The standard InChI is InChI=1S/C18H21N5O2S/c1-12(2)15-10-20-18(26-15)22-17(24)21-13-6-4-5-7-14(13)25-11-16-19-8-9-23(16)3/h4-10,12H,11H2,1-3H3,(H2,20,21,22,24). The maximum absolute atomic E-state index is 12.3. The van der Waals surface area contributed by atoms with E-state index < -0.39 is 0 Å². The molecule has 3 rings (SSSR count). The van der Waals surface area contributed by atoms with Gasteiger partial charge < -0.3 is 14.6 Å². The van der Waals surface area contributed by atoms with Gasteiger partial charge in [-0.3, -0.25) is 5.32 Å². The number of carbonyl (C=O) groups is 1. The molecule has 1 aromatic carbocycles. The number of amides is 2. The Bertz CT molecular complexity index is 887. The number of para-hydroxylation sites is 2. The summed E-state index contributed by atoms with van der Waals surface area (Å²) in [5.74, 6) is 1.76. The fraction of sp³-hybridized carbons (Fsp3) is 0.278. The quantitative estimate of drug-likeness (QED) is 0.680. The van der Waals surface area contributed by atoms with Crippen LogP contribution in [0, 0.1) is 0 Å². The first-order valence-electron chi connectivity index (χ1n) is 8.24. The molecule has 0 bridgehead atoms. The number of rotatable bonds is 6. The van der Waals surface area contributed by atoms with E-state index in [4.69, 9.17) is 4.74 Å². The van der Waals surface area contributed by atoms with E-state index in [1.807, 2.05) is 29.9 Å². The Morgan fingerprint density at radius 1 is 1.27 bits per heavy atom. The van der Waals surface area contributed by atoms with Crippen LogP contribution in [0.25, 0.3) is 0 Å². The predicted molar refractivity (Wildman–Crippen MR) is 103 cm³/mol. The molecule has 3 aromatic rings. The largest absolute Gasteiger partial charge is 0.483 e. The second kappa shape index (κ2) is 8.01. The lowest BCUT2D eigenvalue weighted by atomic mass is 10.2. The van der Waals surface area contributed by atoms with Gasteiger partial charge in [-0.15, -0.1) is 11.3 Å². The van der Waals surface area contributed by atoms with Gasteiger partial charge in [-0.2, -0.15) is 0 Å². The van der Waals surface area contributed by atoms with Gasteiger partial charge in [0.05, 0.1) is 5.69 Å². The van der Waals surface area contributed by atoms with Crippen molar-refractivity contribution in [3.8, 4) is 5.75 Å². The highest BCUT2D eigenvalue weighted by Crippen LogP contribution is 2.27. The van der Waals surface area contributed by atoms with E-state index in [0.717, 1.165) is 10.7 Å². The molecule has 0 saturated carbocycles. The van der Waals surface area contributed by atoms with E-state index in [2.05, 4.69) is 34.4 Å². The summed E-state index contributed by atoms with van der Waals surface area (Å²) >= 11 is 1.47. The van der Waals surface area contributed by atoms with Crippen LogP contribution in [-0.2, 0) is 13.7 Å². The number of anilines is 2. The zero-order valence-electron chi connectivity index (χ0n) is 14.9. The number of aromatic nitrogens is 3. The van der Waals surface area contributed by atoms with Crippen LogP contribution in [0.1, 0.15) is 30.5 Å². The highest BCUT2D eigenvalue weighted by atomic mass is 32.1. The van der Waals surface area contributed by atoms with Crippen molar-refractivity contribution < 1.29 is 9.53 Å². The molecule has 136 valence electrons. The van der Waals surface area contributed by atoms with Gasteiger partial charge in [0.1, 0.15) is 18.2 Å². The number of nitrogens with zero attached hydrogens (tertiary/aromatic N) is 3. The maximum Gasteiger partial charge on any atom is 0.325 e. The first kappa shape index (κ1) is 17.9. The number of hydrogen-bond acceptors (Lipinski definition) is 5. The molecule has 0 unspecified atom stereocenters. The number of ether oxygens (including phenoxy) is 1. The van der Waals surface area contributed by atoms with E-state index in [1.165, 1.54) is 11.3 Å². The lowest BCUT2D eigenvalue weighted by Crippen LogP contribution is -2.19. The highest BCUT2D eigenvalue weighted by molar-refractivity contribution is 7.15. The van der Waals surface area contributed by atoms with Crippen molar-refractivity contribution in [1.29, 1.82) is 0 Å². The van der Waals surface area contributed by atoms with Gasteiger partial charge in [0.2, 0.25) is 0 Å². The Morgan fingerprint density at radius 3 is 2.77 bits per heavy atom. The average Bonchev–Trinajstić information content (AvgIpc) is 3.23. The van der Waals surface area contributed by atoms with Crippen LogP contribution < -0.4 is 15.4 Å². The summed E-state index contributed by atoms with van der Waals surface area (Å²) < 4.78 is 7.70. The number of carbonyl (C=O) groups excluding carboxylic acids is 1. The van der Waals surface area contributed by atoms with E-state index in [-0.39, 0.29) is 6.03 Å². The molecule has 2 amide bonds. The monoisotopic (exact) mass is 371 g/mol. The summed E-state index contributed by atoms with van der Waals surface area (Å²) in [6.07, 6.45) is 5.36. The number of thiazole rings is 1. The normalized spacial score (nSPS) is 10.8. The summed E-state index contributed by atoms with van der Waals surface area (Å²) in [6.45, 7) is 4.49. The minimum atomic E-state index is -0.359. The van der Waals surface area contributed by atoms with Gasteiger partial charge in [0.25, 0.3) is 0 Å². The van der Waals surface area contributed by atoms with Gasteiger partial charge in [0, 0.05) is 30.5 Å². The van der Waals surface area contributed by atoms with Crippen LogP contribution in [0.4, 0.5) is 15.6 Å². The van der Waals surface area contributed by atoms with Crippen molar-refractivity contribution in [1.82, 2.24) is 14.5 Å². The van der Waals surface area contributed by atoms with Crippen LogP contribution >= 0.6 is 11.3 Å². The molecule has 0 aliphatic rings. The Balaban J connectivity index is 1.63. The lowest BCUT2D eigenvalue weighted by molar-refractivity contribution is 0.261. The Kier molecular flexibility index (Phi) is 5.52. The third-order valence-electron chi connectivity index (χ3n) is 3.73. The van der Waals surface area contributed by atoms with Gasteiger partial charge in [-0.1, -0.05) is 26.0 Å². The molecule has 0 radical (unpaired) electrons. The van der Waals surface area contributed by atoms with Gasteiger partial charge in [0.15, 0.2) is 5.13 Å². The molecular formula is C18H21N5O2S. The number of urea groups is 1. The van der Waals surface area contributed by atoms with E-state index in [9.17, 15) is 4.79 Å². The topological polar surface area (TPSA) is 81.1 Å². The second-order valence-corrected chi connectivity index (χ2v) is 7.10. The molecule has 8 heteroatoms. The molecule has 2 N–H and O–H groups in total. The number of nitrogens with one attached hydrogen (secondary N) is 2. The smallest absolute Gasteiger partial charge is 0.325 e. The minimum absolute atomic E-state index is 0.314. The second-order valence-electron chi connectivity index (χ2n) is 6.04. The van der Waals surface area contributed by atoms with Crippen molar-refractivity contribution in [2.45, 2.75) is 26.4 Å². The summed E-state index contributed by atoms with van der Waals surface area (Å²) in [5.41, 5.74) is 0.583. The summed E-state index contributed by atoms with van der Waals surface area (Å²) in [5, 5.41) is 6.13. The van der Waals surface area contributed by atoms with Gasteiger partial charge in [-0.05, 0) is 18.1 Å². The van der Waals surface area contributed by atoms with Crippen molar-refractivity contribution in [3.63, 3.8) is 0 Å². The van der Waals surface area contributed by atoms with Crippen molar-refractivity contribution in [3.05, 3.63) is 53.6 Å². The van der Waals surface area contributed by atoms with E-state index in [1.54, 1.807) is 24.5 Å². The zero-order chi connectivity index (χ0) is 18.5. The summed E-state index contributed by atoms with van der Waals surface area (Å²) in [7, 11) is 1.91. The Morgan fingerprint density at radius 2 is 2.08 bits per heavy atom. The number of hydrogen-bond donors (Lipinski definition) is 2. The summed E-state index contributed by atoms with van der Waals surface area (Å²) in [4.78, 5) is 21.8. The SMILES string of the molecule is CC(C)c1cnc(NC(=O)Nc2ccccc2OCc2nccn2C)s1. The molecule has 26 heavy (non-hydrogen) atoms. The van der Waals surface area contributed by atoms with Crippen LogP contribution in [0.2, 0.25) is 0 Å². The summed E-state index contributed by atoms with van der Waals surface area (Å²) in [6, 6.07) is 6.92. The number of imidazole rings is 1. The van der Waals surface area contributed by atoms with Crippen molar-refractivity contribution >= 4 is 28.2 Å². The highest BCUT2D eigenvalue weighted by Gasteiger charge is 2.11. The Hall–Kier alpha value is -2.87.